The summed E-state index contributed by atoms with van der Waals surface area (Å²) in [6.07, 6.45) is 1.84. The molecule has 78 valence electrons. The Hall–Kier alpha value is -2.06. The maximum atomic E-state index is 8.94. The van der Waals surface area contributed by atoms with Crippen LogP contribution in [0.1, 0.15) is 36.8 Å². The number of nitrogens with zero attached hydrogens (tertiary/aromatic N) is 2. The Balaban J connectivity index is 2.65. The number of rotatable bonds is 0. The zero-order valence-corrected chi connectivity index (χ0v) is 9.20. The second kappa shape index (κ2) is 4.21. The molecule has 1 aromatic rings. The van der Waals surface area contributed by atoms with Crippen LogP contribution in [0.4, 0.5) is 0 Å². The molecule has 0 aliphatic heterocycles. The van der Waals surface area contributed by atoms with Gasteiger partial charge in [0.15, 0.2) is 0 Å². The van der Waals surface area contributed by atoms with E-state index in [1.807, 2.05) is 30.3 Å². The molecular weight excluding hydrogens is 196 g/mol. The van der Waals surface area contributed by atoms with E-state index in [2.05, 4.69) is 13.0 Å². The van der Waals surface area contributed by atoms with Crippen molar-refractivity contribution in [2.75, 3.05) is 0 Å². The van der Waals surface area contributed by atoms with Crippen LogP contribution in [0.25, 0.3) is 5.57 Å². The Morgan fingerprint density at radius 1 is 1.25 bits per heavy atom. The van der Waals surface area contributed by atoms with Crippen molar-refractivity contribution >= 4 is 5.57 Å². The van der Waals surface area contributed by atoms with Crippen molar-refractivity contribution in [2.45, 2.75) is 25.7 Å². The summed E-state index contributed by atoms with van der Waals surface area (Å²) in [4.78, 5) is 0. The molecule has 16 heavy (non-hydrogen) atoms. The van der Waals surface area contributed by atoms with Gasteiger partial charge in [0.2, 0.25) is 0 Å². The zero-order chi connectivity index (χ0) is 11.5. The van der Waals surface area contributed by atoms with Crippen molar-refractivity contribution in [3.8, 4) is 12.1 Å². The lowest BCUT2D eigenvalue weighted by molar-refractivity contribution is 0.674. The lowest BCUT2D eigenvalue weighted by Gasteiger charge is -2.24. The molecule has 0 radical (unpaired) electrons. The van der Waals surface area contributed by atoms with Crippen molar-refractivity contribution in [3.63, 3.8) is 0 Å². The van der Waals surface area contributed by atoms with Crippen LogP contribution >= 0.6 is 0 Å². The molecule has 2 heteroatoms. The number of hydrogen-bond donors (Lipinski definition) is 0. The maximum absolute atomic E-state index is 8.94. The molecule has 0 amide bonds. The molecule has 0 N–H and O–H groups in total. The smallest absolute Gasteiger partial charge is 0.133 e. The molecule has 1 atom stereocenters. The van der Waals surface area contributed by atoms with Crippen LogP contribution in [0.3, 0.4) is 0 Å². The van der Waals surface area contributed by atoms with Gasteiger partial charge in [-0.2, -0.15) is 10.5 Å². The van der Waals surface area contributed by atoms with E-state index >= 15 is 0 Å². The number of nitriles is 2. The summed E-state index contributed by atoms with van der Waals surface area (Å²) in [6, 6.07) is 12.1. The monoisotopic (exact) mass is 208 g/mol. The Morgan fingerprint density at radius 3 is 2.62 bits per heavy atom. The molecule has 2 rings (SSSR count). The summed E-state index contributed by atoms with van der Waals surface area (Å²) in [6.45, 7) is 2.19. The standard InChI is InChI=1S/C14H12N2/c1-10-6-7-13(11(8-15)9-16)14-5-3-2-4-12(10)14/h2-5,10H,6-7H2,1H3. The summed E-state index contributed by atoms with van der Waals surface area (Å²) < 4.78 is 0. The SMILES string of the molecule is CC1CCC(=C(C#N)C#N)c2ccccc21. The average Bonchev–Trinajstić information content (AvgIpc) is 2.34. The normalized spacial score (nSPS) is 18.2. The molecule has 0 saturated carbocycles. The third kappa shape index (κ3) is 1.59. The first-order valence-electron chi connectivity index (χ1n) is 5.40. The van der Waals surface area contributed by atoms with Crippen molar-refractivity contribution in [1.29, 1.82) is 10.5 Å². The van der Waals surface area contributed by atoms with E-state index in [-0.39, 0.29) is 5.57 Å². The molecule has 1 unspecified atom stereocenters. The van der Waals surface area contributed by atoms with Gasteiger partial charge in [-0.1, -0.05) is 31.2 Å². The number of hydrogen-bond acceptors (Lipinski definition) is 2. The van der Waals surface area contributed by atoms with E-state index in [9.17, 15) is 0 Å². The number of fused-ring (bicyclic) bond motifs is 1. The van der Waals surface area contributed by atoms with Crippen molar-refractivity contribution in [1.82, 2.24) is 0 Å². The first-order chi connectivity index (χ1) is 7.77. The minimum absolute atomic E-state index is 0.263. The van der Waals surface area contributed by atoms with Gasteiger partial charge in [0, 0.05) is 0 Å². The fourth-order valence-electron chi connectivity index (χ4n) is 2.27. The summed E-state index contributed by atoms with van der Waals surface area (Å²) in [5, 5.41) is 17.9. The third-order valence-electron chi connectivity index (χ3n) is 3.17. The fourth-order valence-corrected chi connectivity index (χ4v) is 2.27. The molecule has 0 bridgehead atoms. The molecule has 1 aromatic carbocycles. The van der Waals surface area contributed by atoms with E-state index in [0.717, 1.165) is 24.0 Å². The average molecular weight is 208 g/mol. The van der Waals surface area contributed by atoms with Crippen LogP contribution < -0.4 is 0 Å². The summed E-state index contributed by atoms with van der Waals surface area (Å²) in [7, 11) is 0. The Morgan fingerprint density at radius 2 is 1.94 bits per heavy atom. The molecule has 2 nitrogen and oxygen atoms in total. The van der Waals surface area contributed by atoms with E-state index in [1.165, 1.54) is 5.56 Å². The van der Waals surface area contributed by atoms with Gasteiger partial charge in [-0.3, -0.25) is 0 Å². The lowest BCUT2D eigenvalue weighted by Crippen LogP contribution is -2.07. The van der Waals surface area contributed by atoms with E-state index < -0.39 is 0 Å². The molecule has 0 heterocycles. The van der Waals surface area contributed by atoms with Crippen LogP contribution in [-0.2, 0) is 0 Å². The highest BCUT2D eigenvalue weighted by atomic mass is 14.3. The molecule has 0 saturated heterocycles. The molecule has 1 aliphatic carbocycles. The van der Waals surface area contributed by atoms with Crippen molar-refractivity contribution in [2.24, 2.45) is 0 Å². The number of allylic oxidation sites excluding steroid dienone is 2. The van der Waals surface area contributed by atoms with Crippen LogP contribution in [0, 0.1) is 22.7 Å². The van der Waals surface area contributed by atoms with Crippen molar-refractivity contribution < 1.29 is 0 Å². The van der Waals surface area contributed by atoms with E-state index in [4.69, 9.17) is 10.5 Å². The van der Waals surface area contributed by atoms with Gasteiger partial charge in [0.25, 0.3) is 0 Å². The summed E-state index contributed by atoms with van der Waals surface area (Å²) >= 11 is 0. The quantitative estimate of drug-likeness (QED) is 0.613. The summed E-state index contributed by atoms with van der Waals surface area (Å²) in [5.74, 6) is 0.513. The van der Waals surface area contributed by atoms with Gasteiger partial charge in [0.1, 0.15) is 17.7 Å². The topological polar surface area (TPSA) is 47.6 Å². The third-order valence-corrected chi connectivity index (χ3v) is 3.17. The Kier molecular flexibility index (Phi) is 2.75. The van der Waals surface area contributed by atoms with E-state index in [0.29, 0.717) is 5.92 Å². The predicted molar refractivity (Wildman–Crippen MR) is 62.2 cm³/mol. The van der Waals surface area contributed by atoms with Gasteiger partial charge in [0.05, 0.1) is 0 Å². The van der Waals surface area contributed by atoms with Crippen LogP contribution in [0.5, 0.6) is 0 Å². The van der Waals surface area contributed by atoms with Crippen LogP contribution in [0.15, 0.2) is 29.8 Å². The predicted octanol–water partition coefficient (Wildman–Crippen LogP) is 3.38. The van der Waals surface area contributed by atoms with Crippen LogP contribution in [0.2, 0.25) is 0 Å². The molecular formula is C14H12N2. The second-order valence-corrected chi connectivity index (χ2v) is 4.10. The zero-order valence-electron chi connectivity index (χ0n) is 9.20. The highest BCUT2D eigenvalue weighted by molar-refractivity contribution is 5.78. The van der Waals surface area contributed by atoms with Crippen molar-refractivity contribution in [3.05, 3.63) is 41.0 Å². The molecule has 0 fully saturated rings. The molecule has 0 aromatic heterocycles. The molecule has 0 spiro atoms. The van der Waals surface area contributed by atoms with Gasteiger partial charge in [-0.05, 0) is 35.5 Å². The van der Waals surface area contributed by atoms with Gasteiger partial charge in [-0.15, -0.1) is 0 Å². The van der Waals surface area contributed by atoms with E-state index in [1.54, 1.807) is 0 Å². The second-order valence-electron chi connectivity index (χ2n) is 4.10. The maximum Gasteiger partial charge on any atom is 0.133 e. The highest BCUT2D eigenvalue weighted by Crippen LogP contribution is 2.38. The minimum Gasteiger partial charge on any atom is -0.192 e. The van der Waals surface area contributed by atoms with Gasteiger partial charge >= 0.3 is 0 Å². The Bertz CT molecular complexity index is 510. The first-order valence-corrected chi connectivity index (χ1v) is 5.40. The minimum atomic E-state index is 0.263. The van der Waals surface area contributed by atoms with Gasteiger partial charge < -0.3 is 0 Å². The summed E-state index contributed by atoms with van der Waals surface area (Å²) in [5.41, 5.74) is 3.52. The lowest BCUT2D eigenvalue weighted by atomic mass is 9.79. The fraction of sp³-hybridized carbons (Fsp3) is 0.286. The Labute approximate surface area is 95.4 Å². The highest BCUT2D eigenvalue weighted by Gasteiger charge is 2.21. The van der Waals surface area contributed by atoms with Crippen LogP contribution in [-0.4, -0.2) is 0 Å². The largest absolute Gasteiger partial charge is 0.192 e. The first kappa shape index (κ1) is 10.5. The molecule has 1 aliphatic rings. The number of benzene rings is 1. The van der Waals surface area contributed by atoms with Gasteiger partial charge in [-0.25, -0.2) is 0 Å².